The molecule has 4 rings (SSSR count). The van der Waals surface area contributed by atoms with Crippen LogP contribution in [0.5, 0.6) is 5.75 Å². The van der Waals surface area contributed by atoms with Gasteiger partial charge in [-0.05, 0) is 49.2 Å². The number of amides is 1. The van der Waals surface area contributed by atoms with Crippen molar-refractivity contribution in [1.29, 1.82) is 0 Å². The highest BCUT2D eigenvalue weighted by atomic mass is 16.5. The van der Waals surface area contributed by atoms with Crippen LogP contribution in [0.4, 0.5) is 0 Å². The van der Waals surface area contributed by atoms with E-state index in [2.05, 4.69) is 34.6 Å². The number of pyridine rings is 1. The molecule has 7 heteroatoms. The van der Waals surface area contributed by atoms with Gasteiger partial charge in [-0.15, -0.1) is 0 Å². The van der Waals surface area contributed by atoms with Crippen LogP contribution >= 0.6 is 0 Å². The van der Waals surface area contributed by atoms with E-state index in [0.717, 1.165) is 41.9 Å². The van der Waals surface area contributed by atoms with Gasteiger partial charge in [0, 0.05) is 24.6 Å². The molecule has 0 spiro atoms. The second kappa shape index (κ2) is 8.21. The van der Waals surface area contributed by atoms with Crippen molar-refractivity contribution < 1.29 is 14.1 Å². The van der Waals surface area contributed by atoms with Crippen LogP contribution in [0.3, 0.4) is 0 Å². The molecule has 29 heavy (non-hydrogen) atoms. The second-order valence-corrected chi connectivity index (χ2v) is 7.83. The lowest BCUT2D eigenvalue weighted by Gasteiger charge is -2.11. The van der Waals surface area contributed by atoms with Gasteiger partial charge in [-0.1, -0.05) is 19.0 Å². The lowest BCUT2D eigenvalue weighted by atomic mass is 9.98. The average Bonchev–Trinajstić information content (AvgIpc) is 3.40. The summed E-state index contributed by atoms with van der Waals surface area (Å²) in [4.78, 5) is 17.7. The number of carbonyl (C=O) groups excluding carboxylic acids is 1. The van der Waals surface area contributed by atoms with Crippen molar-refractivity contribution in [1.82, 2.24) is 20.8 Å². The summed E-state index contributed by atoms with van der Waals surface area (Å²) in [5, 5.41) is 11.4. The molecule has 1 aliphatic rings. The number of nitrogens with zero attached hydrogens (tertiary/aromatic N) is 2. The van der Waals surface area contributed by atoms with E-state index in [9.17, 15) is 4.79 Å². The van der Waals surface area contributed by atoms with Gasteiger partial charge in [0.25, 0.3) is 11.6 Å². The van der Waals surface area contributed by atoms with E-state index in [0.29, 0.717) is 29.4 Å². The number of aromatic nitrogens is 2. The van der Waals surface area contributed by atoms with E-state index in [4.69, 9.17) is 9.26 Å². The Morgan fingerprint density at radius 3 is 2.79 bits per heavy atom. The third-order valence-electron chi connectivity index (χ3n) is 5.22. The zero-order chi connectivity index (χ0) is 20.4. The number of nitrogens with one attached hydrogen (secondary N) is 2. The van der Waals surface area contributed by atoms with E-state index < -0.39 is 0 Å². The highest BCUT2D eigenvalue weighted by molar-refractivity contribution is 6.07. The fourth-order valence-electron chi connectivity index (χ4n) is 3.62. The maximum Gasteiger partial charge on any atom is 0.259 e. The first-order valence-electron chi connectivity index (χ1n) is 10.0. The molecule has 1 amide bonds. The standard InChI is InChI=1S/C22H26N4O3/c1-13(2)11-24-21(27)17-10-18(14-4-6-16(28-3)7-5-14)25-22-19(17)20(26-29-22)15-8-9-23-12-15/h4-7,10,13,15,23H,8-9,11-12H2,1-3H3,(H,24,27). The molecular weight excluding hydrogens is 368 g/mol. The normalized spacial score (nSPS) is 16.5. The molecule has 1 aliphatic heterocycles. The summed E-state index contributed by atoms with van der Waals surface area (Å²) in [7, 11) is 1.63. The molecule has 1 aromatic carbocycles. The monoisotopic (exact) mass is 394 g/mol. The Kier molecular flexibility index (Phi) is 5.49. The fourth-order valence-corrected chi connectivity index (χ4v) is 3.62. The van der Waals surface area contributed by atoms with Gasteiger partial charge >= 0.3 is 0 Å². The van der Waals surface area contributed by atoms with Crippen molar-refractivity contribution in [2.45, 2.75) is 26.2 Å². The first-order valence-corrected chi connectivity index (χ1v) is 10.0. The van der Waals surface area contributed by atoms with Gasteiger partial charge in [0.1, 0.15) is 5.75 Å². The SMILES string of the molecule is COc1ccc(-c2cc(C(=O)NCC(C)C)c3c(C4CCNC4)noc3n2)cc1. The van der Waals surface area contributed by atoms with Crippen LogP contribution in [-0.4, -0.2) is 42.8 Å². The van der Waals surface area contributed by atoms with E-state index in [1.807, 2.05) is 30.3 Å². The van der Waals surface area contributed by atoms with E-state index >= 15 is 0 Å². The van der Waals surface area contributed by atoms with Crippen molar-refractivity contribution in [3.8, 4) is 17.0 Å². The van der Waals surface area contributed by atoms with Gasteiger partial charge in [-0.2, -0.15) is 0 Å². The topological polar surface area (TPSA) is 89.3 Å². The summed E-state index contributed by atoms with van der Waals surface area (Å²) in [5.74, 6) is 1.22. The van der Waals surface area contributed by atoms with Crippen LogP contribution in [0, 0.1) is 5.92 Å². The zero-order valence-corrected chi connectivity index (χ0v) is 17.0. The Morgan fingerprint density at radius 1 is 1.34 bits per heavy atom. The van der Waals surface area contributed by atoms with Gasteiger partial charge in [0.15, 0.2) is 0 Å². The minimum atomic E-state index is -0.128. The maximum atomic E-state index is 13.1. The Labute approximate surface area is 169 Å². The first-order chi connectivity index (χ1) is 14.1. The molecule has 152 valence electrons. The van der Waals surface area contributed by atoms with Gasteiger partial charge in [-0.3, -0.25) is 4.79 Å². The van der Waals surface area contributed by atoms with Gasteiger partial charge in [-0.25, -0.2) is 4.98 Å². The fraction of sp³-hybridized carbons (Fsp3) is 0.409. The predicted octanol–water partition coefficient (Wildman–Crippen LogP) is 3.36. The van der Waals surface area contributed by atoms with Gasteiger partial charge < -0.3 is 19.9 Å². The first kappa shape index (κ1) is 19.4. The van der Waals surface area contributed by atoms with Crippen molar-refractivity contribution in [3.63, 3.8) is 0 Å². The van der Waals surface area contributed by atoms with Gasteiger partial charge in [0.2, 0.25) is 0 Å². The third-order valence-corrected chi connectivity index (χ3v) is 5.22. The molecule has 0 bridgehead atoms. The minimum Gasteiger partial charge on any atom is -0.497 e. The average molecular weight is 394 g/mol. The van der Waals surface area contributed by atoms with Crippen LogP contribution in [0.2, 0.25) is 0 Å². The molecule has 0 radical (unpaired) electrons. The Hall–Kier alpha value is -2.93. The zero-order valence-electron chi connectivity index (χ0n) is 17.0. The molecule has 1 unspecified atom stereocenters. The summed E-state index contributed by atoms with van der Waals surface area (Å²) in [6, 6.07) is 9.41. The molecule has 3 heterocycles. The van der Waals surface area contributed by atoms with Crippen LogP contribution in [-0.2, 0) is 0 Å². The molecule has 0 saturated carbocycles. The number of hydrogen-bond acceptors (Lipinski definition) is 6. The minimum absolute atomic E-state index is 0.128. The molecule has 2 aromatic heterocycles. The molecule has 0 aliphatic carbocycles. The van der Waals surface area contributed by atoms with Crippen molar-refractivity contribution in [3.05, 3.63) is 41.6 Å². The van der Waals surface area contributed by atoms with E-state index in [1.165, 1.54) is 0 Å². The summed E-state index contributed by atoms with van der Waals surface area (Å²) in [6.07, 6.45) is 0.967. The van der Waals surface area contributed by atoms with Gasteiger partial charge in [0.05, 0.1) is 29.4 Å². The number of methoxy groups -OCH3 is 1. The highest BCUT2D eigenvalue weighted by Crippen LogP contribution is 2.33. The number of rotatable bonds is 6. The number of ether oxygens (including phenoxy) is 1. The lowest BCUT2D eigenvalue weighted by Crippen LogP contribution is -2.27. The quantitative estimate of drug-likeness (QED) is 0.666. The van der Waals surface area contributed by atoms with E-state index in [-0.39, 0.29) is 11.8 Å². The predicted molar refractivity (Wildman–Crippen MR) is 111 cm³/mol. The van der Waals surface area contributed by atoms with Crippen LogP contribution in [0.1, 0.15) is 42.2 Å². The van der Waals surface area contributed by atoms with Crippen molar-refractivity contribution in [2.24, 2.45) is 5.92 Å². The summed E-state index contributed by atoms with van der Waals surface area (Å²) >= 11 is 0. The largest absolute Gasteiger partial charge is 0.497 e. The Morgan fingerprint density at radius 2 is 2.14 bits per heavy atom. The molecule has 1 fully saturated rings. The summed E-state index contributed by atoms with van der Waals surface area (Å²) in [6.45, 7) is 6.51. The molecular formula is C22H26N4O3. The number of benzene rings is 1. The summed E-state index contributed by atoms with van der Waals surface area (Å²) < 4.78 is 10.8. The third kappa shape index (κ3) is 3.96. The number of hydrogen-bond donors (Lipinski definition) is 2. The van der Waals surface area contributed by atoms with Crippen molar-refractivity contribution >= 4 is 17.0 Å². The molecule has 2 N–H and O–H groups in total. The smallest absolute Gasteiger partial charge is 0.259 e. The number of carbonyl (C=O) groups is 1. The maximum absolute atomic E-state index is 13.1. The molecule has 3 aromatic rings. The lowest BCUT2D eigenvalue weighted by molar-refractivity contribution is 0.0950. The second-order valence-electron chi connectivity index (χ2n) is 7.83. The van der Waals surface area contributed by atoms with Crippen molar-refractivity contribution in [2.75, 3.05) is 26.7 Å². The molecule has 1 saturated heterocycles. The Bertz CT molecular complexity index is 1000. The molecule has 1 atom stereocenters. The number of fused-ring (bicyclic) bond motifs is 1. The highest BCUT2D eigenvalue weighted by Gasteiger charge is 2.27. The van der Waals surface area contributed by atoms with Crippen LogP contribution in [0.25, 0.3) is 22.4 Å². The van der Waals surface area contributed by atoms with E-state index in [1.54, 1.807) is 7.11 Å². The summed E-state index contributed by atoms with van der Waals surface area (Å²) in [5.41, 5.74) is 3.32. The molecule has 7 nitrogen and oxygen atoms in total. The van der Waals surface area contributed by atoms with Crippen LogP contribution in [0.15, 0.2) is 34.9 Å². The van der Waals surface area contributed by atoms with Crippen LogP contribution < -0.4 is 15.4 Å². The Balaban J connectivity index is 1.81.